The number of carbonyl (C=O) groups is 1. The van der Waals surface area contributed by atoms with Crippen LogP contribution in [0.2, 0.25) is 0 Å². The second-order valence-electron chi connectivity index (χ2n) is 2.78. The number of carbonyl (C=O) groups excluding carboxylic acids is 1. The molecule has 1 heterocycles. The third kappa shape index (κ3) is 2.81. The summed E-state index contributed by atoms with van der Waals surface area (Å²) in [6, 6.07) is -0.741. The quantitative estimate of drug-likeness (QED) is 0.676. The number of nitrogens with two attached hydrogens (primary N) is 1. The summed E-state index contributed by atoms with van der Waals surface area (Å²) in [5.41, 5.74) is 5.54. The van der Waals surface area contributed by atoms with Gasteiger partial charge in [0.15, 0.2) is 0 Å². The lowest BCUT2D eigenvalue weighted by Gasteiger charge is -2.07. The summed E-state index contributed by atoms with van der Waals surface area (Å²) < 4.78 is 9.80. The Balaban J connectivity index is 2.48. The third-order valence-corrected chi connectivity index (χ3v) is 1.55. The third-order valence-electron chi connectivity index (χ3n) is 1.55. The highest BCUT2D eigenvalue weighted by Gasteiger charge is 2.18. The molecule has 0 aliphatic rings. The molecule has 0 spiro atoms. The van der Waals surface area contributed by atoms with Crippen LogP contribution in [0.1, 0.15) is 18.7 Å². The minimum Gasteiger partial charge on any atom is -0.465 e. The van der Waals surface area contributed by atoms with Gasteiger partial charge in [0.25, 0.3) is 0 Å². The first-order chi connectivity index (χ1) is 6.63. The summed E-state index contributed by atoms with van der Waals surface area (Å²) in [4.78, 5) is 11.1. The number of hydrogen-bond acceptors (Lipinski definition) is 6. The Morgan fingerprint density at radius 2 is 2.36 bits per heavy atom. The van der Waals surface area contributed by atoms with Crippen LogP contribution in [0.5, 0.6) is 0 Å². The van der Waals surface area contributed by atoms with E-state index in [1.54, 1.807) is 13.8 Å². The Labute approximate surface area is 81.4 Å². The van der Waals surface area contributed by atoms with Gasteiger partial charge in [0.2, 0.25) is 11.8 Å². The Hall–Kier alpha value is -1.43. The molecular weight excluding hydrogens is 186 g/mol. The molecule has 0 aliphatic heterocycles. The zero-order chi connectivity index (χ0) is 10.6. The highest BCUT2D eigenvalue weighted by Crippen LogP contribution is 2.01. The Bertz CT molecular complexity index is 311. The number of aromatic nitrogens is 2. The van der Waals surface area contributed by atoms with Gasteiger partial charge in [-0.25, -0.2) is 0 Å². The summed E-state index contributed by atoms with van der Waals surface area (Å²) in [7, 11) is 0. The van der Waals surface area contributed by atoms with Gasteiger partial charge in [-0.2, -0.15) is 0 Å². The van der Waals surface area contributed by atoms with Crippen molar-refractivity contribution in [2.24, 2.45) is 5.73 Å². The summed E-state index contributed by atoms with van der Waals surface area (Å²) >= 11 is 0. The molecule has 0 saturated heterocycles. The zero-order valence-electron chi connectivity index (χ0n) is 8.19. The second-order valence-corrected chi connectivity index (χ2v) is 2.78. The number of nitrogens with zero attached hydrogens (tertiary/aromatic N) is 2. The minimum absolute atomic E-state index is 0.208. The van der Waals surface area contributed by atoms with Gasteiger partial charge < -0.3 is 14.9 Å². The van der Waals surface area contributed by atoms with E-state index in [1.165, 1.54) is 0 Å². The molecule has 6 heteroatoms. The summed E-state index contributed by atoms with van der Waals surface area (Å²) in [6.07, 6.45) is 0.208. The second kappa shape index (κ2) is 4.71. The zero-order valence-corrected chi connectivity index (χ0v) is 8.19. The monoisotopic (exact) mass is 199 g/mol. The van der Waals surface area contributed by atoms with Crippen LogP contribution in [-0.4, -0.2) is 28.8 Å². The fourth-order valence-electron chi connectivity index (χ4n) is 0.941. The molecule has 2 N–H and O–H groups in total. The van der Waals surface area contributed by atoms with Crippen LogP contribution < -0.4 is 5.73 Å². The highest BCUT2D eigenvalue weighted by atomic mass is 16.5. The van der Waals surface area contributed by atoms with Crippen molar-refractivity contribution >= 4 is 5.97 Å². The highest BCUT2D eigenvalue weighted by molar-refractivity contribution is 5.75. The number of ether oxygens (including phenoxy) is 1. The van der Waals surface area contributed by atoms with Gasteiger partial charge >= 0.3 is 5.97 Å². The van der Waals surface area contributed by atoms with E-state index in [2.05, 4.69) is 10.2 Å². The van der Waals surface area contributed by atoms with Crippen LogP contribution in [0.4, 0.5) is 0 Å². The van der Waals surface area contributed by atoms with Crippen molar-refractivity contribution < 1.29 is 13.9 Å². The Morgan fingerprint density at radius 3 is 2.86 bits per heavy atom. The maximum absolute atomic E-state index is 11.1. The lowest BCUT2D eigenvalue weighted by atomic mass is 10.2. The fourth-order valence-corrected chi connectivity index (χ4v) is 0.941. The Kier molecular flexibility index (Phi) is 3.58. The van der Waals surface area contributed by atoms with E-state index in [0.29, 0.717) is 18.4 Å². The van der Waals surface area contributed by atoms with E-state index in [1.807, 2.05) is 0 Å². The van der Waals surface area contributed by atoms with Crippen molar-refractivity contribution in [3.63, 3.8) is 0 Å². The molecule has 78 valence electrons. The molecule has 0 aliphatic carbocycles. The molecule has 1 aromatic heterocycles. The molecule has 1 atom stereocenters. The van der Waals surface area contributed by atoms with Gasteiger partial charge in [-0.1, -0.05) is 0 Å². The predicted octanol–water partition coefficient (Wildman–Crippen LogP) is -0.189. The summed E-state index contributed by atoms with van der Waals surface area (Å²) in [5, 5.41) is 7.34. The average Bonchev–Trinajstić information content (AvgIpc) is 2.51. The first-order valence-electron chi connectivity index (χ1n) is 4.34. The van der Waals surface area contributed by atoms with Gasteiger partial charge in [-0.15, -0.1) is 10.2 Å². The fraction of sp³-hybridized carbons (Fsp3) is 0.625. The normalized spacial score (nSPS) is 12.5. The first-order valence-corrected chi connectivity index (χ1v) is 4.34. The predicted molar refractivity (Wildman–Crippen MR) is 47.3 cm³/mol. The first kappa shape index (κ1) is 10.6. The summed E-state index contributed by atoms with van der Waals surface area (Å²) in [6.45, 7) is 3.71. The molecule has 0 aromatic carbocycles. The summed E-state index contributed by atoms with van der Waals surface area (Å²) in [5.74, 6) is 0.350. The average molecular weight is 199 g/mol. The van der Waals surface area contributed by atoms with Crippen LogP contribution in [-0.2, 0) is 16.0 Å². The molecule has 6 nitrogen and oxygen atoms in total. The lowest BCUT2D eigenvalue weighted by molar-refractivity contribution is -0.144. The topological polar surface area (TPSA) is 91.2 Å². The number of esters is 1. The SMILES string of the molecule is CCOC(=O)[C@@H](N)Cc1nnc(C)o1. The van der Waals surface area contributed by atoms with Crippen molar-refractivity contribution in [1.29, 1.82) is 0 Å². The van der Waals surface area contributed by atoms with Crippen molar-refractivity contribution in [2.75, 3.05) is 6.61 Å². The van der Waals surface area contributed by atoms with Gasteiger partial charge in [-0.05, 0) is 6.92 Å². The van der Waals surface area contributed by atoms with Crippen LogP contribution in [0, 0.1) is 6.92 Å². The number of rotatable bonds is 4. The van der Waals surface area contributed by atoms with E-state index in [9.17, 15) is 4.79 Å². The van der Waals surface area contributed by atoms with Crippen LogP contribution >= 0.6 is 0 Å². The van der Waals surface area contributed by atoms with Crippen molar-refractivity contribution in [2.45, 2.75) is 26.3 Å². The maximum atomic E-state index is 11.1. The molecule has 0 saturated carbocycles. The van der Waals surface area contributed by atoms with E-state index in [-0.39, 0.29) is 6.42 Å². The molecule has 1 aromatic rings. The molecule has 0 radical (unpaired) electrons. The van der Waals surface area contributed by atoms with E-state index < -0.39 is 12.0 Å². The molecule has 0 unspecified atom stereocenters. The van der Waals surface area contributed by atoms with Crippen LogP contribution in [0.3, 0.4) is 0 Å². The molecule has 0 amide bonds. The van der Waals surface area contributed by atoms with Gasteiger partial charge in [-0.3, -0.25) is 4.79 Å². The van der Waals surface area contributed by atoms with Crippen LogP contribution in [0.25, 0.3) is 0 Å². The van der Waals surface area contributed by atoms with Crippen molar-refractivity contribution in [3.05, 3.63) is 11.8 Å². The van der Waals surface area contributed by atoms with Gasteiger partial charge in [0.1, 0.15) is 6.04 Å². The van der Waals surface area contributed by atoms with Crippen molar-refractivity contribution in [3.8, 4) is 0 Å². The minimum atomic E-state index is -0.741. The van der Waals surface area contributed by atoms with E-state index in [0.717, 1.165) is 0 Å². The van der Waals surface area contributed by atoms with Crippen LogP contribution in [0.15, 0.2) is 4.42 Å². The van der Waals surface area contributed by atoms with Crippen molar-refractivity contribution in [1.82, 2.24) is 10.2 Å². The Morgan fingerprint density at radius 1 is 1.64 bits per heavy atom. The number of aryl methyl sites for hydroxylation is 1. The number of hydrogen-bond donors (Lipinski definition) is 1. The van der Waals surface area contributed by atoms with E-state index >= 15 is 0 Å². The molecule has 14 heavy (non-hydrogen) atoms. The molecule has 1 rings (SSSR count). The molecular formula is C8H13N3O3. The molecule has 0 fully saturated rings. The van der Waals surface area contributed by atoms with E-state index in [4.69, 9.17) is 14.9 Å². The standard InChI is InChI=1S/C8H13N3O3/c1-3-13-8(12)6(9)4-7-11-10-5(2)14-7/h6H,3-4,9H2,1-2H3/t6-/m0/s1. The smallest absolute Gasteiger partial charge is 0.323 e. The largest absolute Gasteiger partial charge is 0.465 e. The maximum Gasteiger partial charge on any atom is 0.323 e. The van der Waals surface area contributed by atoms with Gasteiger partial charge in [0, 0.05) is 6.92 Å². The lowest BCUT2D eigenvalue weighted by Crippen LogP contribution is -2.34. The van der Waals surface area contributed by atoms with Gasteiger partial charge in [0.05, 0.1) is 13.0 Å². The molecule has 0 bridgehead atoms.